The van der Waals surface area contributed by atoms with Gasteiger partial charge in [0, 0.05) is 33.2 Å². The van der Waals surface area contributed by atoms with Crippen LogP contribution in [0.3, 0.4) is 0 Å². The minimum absolute atomic E-state index is 1.05. The number of fused-ring (bicyclic) bond motifs is 7. The van der Waals surface area contributed by atoms with Crippen molar-refractivity contribution in [2.75, 3.05) is 0 Å². The summed E-state index contributed by atoms with van der Waals surface area (Å²) in [6.07, 6.45) is 15.7. The first-order valence-electron chi connectivity index (χ1n) is 15.7. The van der Waals surface area contributed by atoms with Gasteiger partial charge in [0.1, 0.15) is 0 Å². The van der Waals surface area contributed by atoms with Crippen LogP contribution in [0.2, 0.25) is 0 Å². The van der Waals surface area contributed by atoms with E-state index in [-0.39, 0.29) is 0 Å². The Morgan fingerprint density at radius 3 is 1.91 bits per heavy atom. The van der Waals surface area contributed by atoms with Crippen molar-refractivity contribution in [1.82, 2.24) is 9.13 Å². The fourth-order valence-electron chi connectivity index (χ4n) is 7.44. The maximum atomic E-state index is 2.49. The lowest BCUT2D eigenvalue weighted by Crippen LogP contribution is -2.00. The number of nitrogens with zero attached hydrogens (tertiary/aromatic N) is 2. The molecule has 0 saturated heterocycles. The zero-order valence-electron chi connectivity index (χ0n) is 24.6. The molecule has 2 aliphatic carbocycles. The van der Waals surface area contributed by atoms with Gasteiger partial charge < -0.3 is 9.13 Å². The third-order valence-corrected chi connectivity index (χ3v) is 9.49. The summed E-state index contributed by atoms with van der Waals surface area (Å²) in [4.78, 5) is 0. The molecule has 0 fully saturated rings. The van der Waals surface area contributed by atoms with Crippen LogP contribution in [-0.4, -0.2) is 9.13 Å². The summed E-state index contributed by atoms with van der Waals surface area (Å²) in [7, 11) is 0. The van der Waals surface area contributed by atoms with E-state index in [0.29, 0.717) is 0 Å². The highest BCUT2D eigenvalue weighted by atomic mass is 15.0. The molecule has 5 aromatic carbocycles. The number of para-hydroxylation sites is 1. The number of aromatic nitrogens is 2. The van der Waals surface area contributed by atoms with Gasteiger partial charge in [-0.3, -0.25) is 0 Å². The Morgan fingerprint density at radius 2 is 1.14 bits per heavy atom. The zero-order chi connectivity index (χ0) is 29.0. The van der Waals surface area contributed by atoms with Gasteiger partial charge >= 0.3 is 0 Å². The minimum atomic E-state index is 1.05. The van der Waals surface area contributed by atoms with Crippen molar-refractivity contribution in [2.45, 2.75) is 25.7 Å². The molecule has 0 bridgehead atoms. The molecule has 0 amide bonds. The Hall–Kier alpha value is -5.34. The van der Waals surface area contributed by atoms with Crippen molar-refractivity contribution < 1.29 is 0 Å². The Morgan fingerprint density at radius 1 is 0.477 bits per heavy atom. The molecule has 0 N–H and O–H groups in total. The molecule has 7 aromatic rings. The average Bonchev–Trinajstić information content (AvgIpc) is 3.62. The quantitative estimate of drug-likeness (QED) is 0.201. The summed E-state index contributed by atoms with van der Waals surface area (Å²) in [5.41, 5.74) is 14.2. The second kappa shape index (κ2) is 10.1. The van der Waals surface area contributed by atoms with E-state index in [0.717, 1.165) is 25.7 Å². The molecule has 2 nitrogen and oxygen atoms in total. The number of hydrogen-bond acceptors (Lipinski definition) is 0. The maximum Gasteiger partial charge on any atom is 0.0548 e. The zero-order valence-corrected chi connectivity index (χ0v) is 24.6. The van der Waals surface area contributed by atoms with Crippen LogP contribution in [0.25, 0.3) is 66.9 Å². The van der Waals surface area contributed by atoms with Gasteiger partial charge in [0.05, 0.1) is 16.6 Å². The van der Waals surface area contributed by atoms with Crippen LogP contribution in [-0.2, 0) is 6.42 Å². The molecule has 9 rings (SSSR count). The van der Waals surface area contributed by atoms with E-state index in [1.165, 1.54) is 77.6 Å². The average molecular weight is 565 g/mol. The molecule has 0 saturated carbocycles. The van der Waals surface area contributed by atoms with E-state index in [1.807, 2.05) is 0 Å². The van der Waals surface area contributed by atoms with Crippen molar-refractivity contribution in [1.29, 1.82) is 0 Å². The van der Waals surface area contributed by atoms with Gasteiger partial charge in [0.25, 0.3) is 0 Å². The highest BCUT2D eigenvalue weighted by Gasteiger charge is 2.24. The second-order valence-electron chi connectivity index (χ2n) is 12.0. The topological polar surface area (TPSA) is 9.86 Å². The van der Waals surface area contributed by atoms with Crippen molar-refractivity contribution in [3.05, 3.63) is 156 Å². The summed E-state index contributed by atoms with van der Waals surface area (Å²) in [6.45, 7) is 0. The van der Waals surface area contributed by atoms with Crippen molar-refractivity contribution in [3.63, 3.8) is 0 Å². The Balaban J connectivity index is 1.26. The van der Waals surface area contributed by atoms with Crippen molar-refractivity contribution in [2.24, 2.45) is 0 Å². The van der Waals surface area contributed by atoms with E-state index in [9.17, 15) is 0 Å². The highest BCUT2D eigenvalue weighted by molar-refractivity contribution is 6.22. The molecule has 2 heterocycles. The van der Waals surface area contributed by atoms with Crippen LogP contribution in [0.4, 0.5) is 0 Å². The first-order chi connectivity index (χ1) is 21.8. The maximum absolute atomic E-state index is 2.49. The van der Waals surface area contributed by atoms with Crippen LogP contribution in [0.5, 0.6) is 0 Å². The lowest BCUT2D eigenvalue weighted by atomic mass is 9.97. The summed E-state index contributed by atoms with van der Waals surface area (Å²) >= 11 is 0. The van der Waals surface area contributed by atoms with E-state index in [4.69, 9.17) is 0 Å². The lowest BCUT2D eigenvalue weighted by Gasteiger charge is -2.14. The number of aryl methyl sites for hydroxylation is 1. The summed E-state index contributed by atoms with van der Waals surface area (Å²) < 4.78 is 4.93. The molecule has 2 aromatic heterocycles. The molecule has 2 heteroatoms. The van der Waals surface area contributed by atoms with Crippen LogP contribution < -0.4 is 0 Å². The number of hydrogen-bond donors (Lipinski definition) is 0. The van der Waals surface area contributed by atoms with Gasteiger partial charge in [0.2, 0.25) is 0 Å². The lowest BCUT2D eigenvalue weighted by molar-refractivity contribution is 0.967. The fourth-order valence-corrected chi connectivity index (χ4v) is 7.44. The van der Waals surface area contributed by atoms with E-state index >= 15 is 0 Å². The second-order valence-corrected chi connectivity index (χ2v) is 12.0. The van der Waals surface area contributed by atoms with Gasteiger partial charge in [-0.1, -0.05) is 97.1 Å². The predicted molar refractivity (Wildman–Crippen MR) is 187 cm³/mol. The number of allylic oxidation sites excluding steroid dienone is 5. The van der Waals surface area contributed by atoms with Gasteiger partial charge in [0.15, 0.2) is 0 Å². The van der Waals surface area contributed by atoms with Crippen molar-refractivity contribution in [3.8, 4) is 22.5 Å². The molecule has 0 spiro atoms. The summed E-state index contributed by atoms with van der Waals surface area (Å²) in [5.74, 6) is 0. The largest absolute Gasteiger partial charge is 0.310 e. The van der Waals surface area contributed by atoms with E-state index in [1.54, 1.807) is 0 Å². The fraction of sp³-hybridized carbons (Fsp3) is 0.0952. The van der Waals surface area contributed by atoms with Crippen LogP contribution >= 0.6 is 0 Å². The monoisotopic (exact) mass is 564 g/mol. The number of benzene rings is 5. The van der Waals surface area contributed by atoms with Crippen LogP contribution in [0.15, 0.2) is 140 Å². The first-order valence-corrected chi connectivity index (χ1v) is 15.7. The third kappa shape index (κ3) is 3.88. The Bertz CT molecular complexity index is 2290. The van der Waals surface area contributed by atoms with Crippen LogP contribution in [0.1, 0.15) is 36.1 Å². The molecule has 0 radical (unpaired) electrons. The molecule has 0 atom stereocenters. The van der Waals surface area contributed by atoms with Crippen LogP contribution in [0, 0.1) is 0 Å². The molecule has 2 aliphatic rings. The third-order valence-electron chi connectivity index (χ3n) is 9.49. The number of rotatable bonds is 4. The van der Waals surface area contributed by atoms with Gasteiger partial charge in [-0.2, -0.15) is 0 Å². The normalized spacial score (nSPS) is 14.4. The van der Waals surface area contributed by atoms with Gasteiger partial charge in [-0.05, 0) is 102 Å². The Labute approximate surface area is 257 Å². The molecule has 210 valence electrons. The molecular weight excluding hydrogens is 532 g/mol. The minimum Gasteiger partial charge on any atom is -0.310 e. The molecular formula is C42H32N2. The predicted octanol–water partition coefficient (Wildman–Crippen LogP) is 11.1. The molecule has 0 unspecified atom stereocenters. The van der Waals surface area contributed by atoms with Gasteiger partial charge in [-0.15, -0.1) is 0 Å². The van der Waals surface area contributed by atoms with Gasteiger partial charge in [-0.25, -0.2) is 0 Å². The van der Waals surface area contributed by atoms with E-state index < -0.39 is 0 Å². The first kappa shape index (κ1) is 25.2. The molecule has 0 aliphatic heterocycles. The smallest absolute Gasteiger partial charge is 0.0548 e. The standard InChI is InChI=1S/C42H32N2/c1-3-11-29(12-4-1)31-19-23-33(24-20-31)43-37-17-9-7-15-35(37)41-39(43)27-28-40-42(41)36-16-8-10-18-38(36)44(40)34-25-21-32(22-26-34)30-13-5-2-6-14-30/h1-5,7,9-13,15,17-28H,6,8,14,16H2. The van der Waals surface area contributed by atoms with E-state index in [2.05, 4.69) is 155 Å². The van der Waals surface area contributed by atoms with Crippen molar-refractivity contribution >= 4 is 44.4 Å². The Kier molecular flexibility index (Phi) is 5.80. The summed E-state index contributed by atoms with van der Waals surface area (Å²) in [6, 6.07) is 42.4. The molecule has 44 heavy (non-hydrogen) atoms. The highest BCUT2D eigenvalue weighted by Crippen LogP contribution is 2.43. The SMILES string of the molecule is C1=CCCC(c2ccc(-n3c4c(c5c6c7ccccc7n(-c7ccc(-c8ccccc8)cc7)c6ccc53)CCC=C4)cc2)=C1. The summed E-state index contributed by atoms with van der Waals surface area (Å²) in [5, 5.41) is 4.05.